The van der Waals surface area contributed by atoms with Crippen LogP contribution in [-0.4, -0.2) is 12.0 Å². The number of benzene rings is 3. The second-order valence-corrected chi connectivity index (χ2v) is 8.06. The molecule has 3 aromatic rings. The molecule has 3 aromatic carbocycles. The first-order valence-electron chi connectivity index (χ1n) is 10.5. The first-order valence-corrected chi connectivity index (χ1v) is 10.8. The summed E-state index contributed by atoms with van der Waals surface area (Å²) in [4.78, 5) is 25.2. The van der Waals surface area contributed by atoms with E-state index in [9.17, 15) is 9.59 Å². The van der Waals surface area contributed by atoms with Gasteiger partial charge in [-0.15, -0.1) is 0 Å². The molecule has 0 bridgehead atoms. The minimum atomic E-state index is -0.666. The van der Waals surface area contributed by atoms with E-state index in [1.165, 1.54) is 0 Å². The molecule has 1 unspecified atom stereocenters. The van der Waals surface area contributed by atoms with Crippen LogP contribution in [-0.2, 0) is 22.7 Å². The molecule has 2 N–H and O–H groups in total. The van der Waals surface area contributed by atoms with Crippen LogP contribution in [0.3, 0.4) is 0 Å². The van der Waals surface area contributed by atoms with Crippen LogP contribution >= 0.6 is 11.6 Å². The van der Waals surface area contributed by atoms with Gasteiger partial charge in [-0.1, -0.05) is 66.2 Å². The summed E-state index contributed by atoms with van der Waals surface area (Å²) in [6, 6.07) is 23.1. The van der Waals surface area contributed by atoms with Crippen molar-refractivity contribution >= 4 is 23.6 Å². The highest BCUT2D eigenvalue weighted by molar-refractivity contribution is 6.30. The van der Waals surface area contributed by atoms with E-state index < -0.39 is 12.0 Å². The summed E-state index contributed by atoms with van der Waals surface area (Å²) in [5, 5.41) is 6.14. The molecule has 1 heterocycles. The molecule has 0 fully saturated rings. The summed E-state index contributed by atoms with van der Waals surface area (Å²) in [6.07, 6.45) is 0. The van der Waals surface area contributed by atoms with Crippen LogP contribution in [0.5, 0.6) is 5.75 Å². The average molecular weight is 463 g/mol. The molecular weight excluding hydrogens is 440 g/mol. The Kier molecular flexibility index (Phi) is 6.95. The summed E-state index contributed by atoms with van der Waals surface area (Å²) in [6.45, 7) is 2.19. The number of urea groups is 1. The molecule has 2 amide bonds. The smallest absolute Gasteiger partial charge is 0.338 e. The Labute approximate surface area is 197 Å². The molecule has 1 atom stereocenters. The van der Waals surface area contributed by atoms with Crippen molar-refractivity contribution in [2.24, 2.45) is 0 Å². The first kappa shape index (κ1) is 22.4. The minimum Gasteiger partial charge on any atom is -0.489 e. The molecule has 0 saturated heterocycles. The number of rotatable bonds is 7. The number of halogens is 1. The predicted molar refractivity (Wildman–Crippen MR) is 126 cm³/mol. The molecule has 4 rings (SSSR count). The van der Waals surface area contributed by atoms with Crippen molar-refractivity contribution in [1.29, 1.82) is 0 Å². The second kappa shape index (κ2) is 10.2. The largest absolute Gasteiger partial charge is 0.489 e. The Morgan fingerprint density at radius 1 is 0.939 bits per heavy atom. The number of amides is 2. The summed E-state index contributed by atoms with van der Waals surface area (Å²) < 4.78 is 11.5. The van der Waals surface area contributed by atoms with Gasteiger partial charge >= 0.3 is 12.0 Å². The lowest BCUT2D eigenvalue weighted by atomic mass is 9.95. The minimum absolute atomic E-state index is 0.140. The SMILES string of the molecule is CC1=C(C(=O)OCc2ccccc2)C(c2cccc(OCc3ccc(Cl)cc3)c2)NC(=O)N1. The Balaban J connectivity index is 1.52. The lowest BCUT2D eigenvalue weighted by Crippen LogP contribution is -2.45. The van der Waals surface area contributed by atoms with Gasteiger partial charge < -0.3 is 20.1 Å². The summed E-state index contributed by atoms with van der Waals surface area (Å²) in [5.74, 6) is 0.117. The van der Waals surface area contributed by atoms with E-state index in [1.54, 1.807) is 6.92 Å². The standard InChI is InChI=1S/C26H23ClN2O4/c1-17-23(25(30)33-16-18-6-3-2-4-7-18)24(29-26(31)28-17)20-8-5-9-22(14-20)32-15-19-10-12-21(27)13-11-19/h2-14,24H,15-16H2,1H3,(H2,28,29,31). The molecule has 7 heteroatoms. The van der Waals surface area contributed by atoms with Crippen molar-refractivity contribution < 1.29 is 19.1 Å². The number of esters is 1. The highest BCUT2D eigenvalue weighted by atomic mass is 35.5. The van der Waals surface area contributed by atoms with Crippen LogP contribution in [0.4, 0.5) is 4.79 Å². The summed E-state index contributed by atoms with van der Waals surface area (Å²) in [7, 11) is 0. The maximum Gasteiger partial charge on any atom is 0.338 e. The van der Waals surface area contributed by atoms with Gasteiger partial charge in [0.25, 0.3) is 0 Å². The van der Waals surface area contributed by atoms with E-state index in [4.69, 9.17) is 21.1 Å². The third kappa shape index (κ3) is 5.73. The lowest BCUT2D eigenvalue weighted by molar-refractivity contribution is -0.140. The fourth-order valence-electron chi connectivity index (χ4n) is 3.55. The van der Waals surface area contributed by atoms with Gasteiger partial charge in [0.1, 0.15) is 19.0 Å². The monoisotopic (exact) mass is 462 g/mol. The number of nitrogens with one attached hydrogen (secondary N) is 2. The Bertz CT molecular complexity index is 1180. The third-order valence-electron chi connectivity index (χ3n) is 5.21. The van der Waals surface area contributed by atoms with Crippen molar-refractivity contribution in [2.45, 2.75) is 26.2 Å². The van der Waals surface area contributed by atoms with Crippen LogP contribution in [0, 0.1) is 0 Å². The average Bonchev–Trinajstić information content (AvgIpc) is 2.82. The zero-order valence-corrected chi connectivity index (χ0v) is 18.8. The van der Waals surface area contributed by atoms with Crippen molar-refractivity contribution in [3.05, 3.63) is 112 Å². The molecule has 33 heavy (non-hydrogen) atoms. The van der Waals surface area contributed by atoms with Gasteiger partial charge in [0.05, 0.1) is 11.6 Å². The summed E-state index contributed by atoms with van der Waals surface area (Å²) >= 11 is 5.93. The number of carbonyl (C=O) groups is 2. The van der Waals surface area contributed by atoms with Gasteiger partial charge in [0.2, 0.25) is 0 Å². The van der Waals surface area contributed by atoms with Crippen molar-refractivity contribution in [2.75, 3.05) is 0 Å². The first-order chi connectivity index (χ1) is 16.0. The second-order valence-electron chi connectivity index (χ2n) is 7.62. The summed E-state index contributed by atoms with van der Waals surface area (Å²) in [5.41, 5.74) is 3.37. The normalized spacial score (nSPS) is 15.5. The quantitative estimate of drug-likeness (QED) is 0.468. The molecule has 6 nitrogen and oxygen atoms in total. The van der Waals surface area contributed by atoms with Crippen molar-refractivity contribution in [1.82, 2.24) is 10.6 Å². The molecule has 0 aromatic heterocycles. The van der Waals surface area contributed by atoms with E-state index >= 15 is 0 Å². The molecule has 0 saturated carbocycles. The van der Waals surface area contributed by atoms with Crippen LogP contribution in [0.2, 0.25) is 5.02 Å². The van der Waals surface area contributed by atoms with Gasteiger partial charge in [-0.25, -0.2) is 9.59 Å². The zero-order chi connectivity index (χ0) is 23.2. The third-order valence-corrected chi connectivity index (χ3v) is 5.46. The van der Waals surface area contributed by atoms with E-state index in [-0.39, 0.29) is 12.6 Å². The number of carbonyl (C=O) groups excluding carboxylic acids is 2. The van der Waals surface area contributed by atoms with Crippen molar-refractivity contribution in [3.63, 3.8) is 0 Å². The van der Waals surface area contributed by atoms with Gasteiger partial charge in [0, 0.05) is 10.7 Å². The molecular formula is C26H23ClN2O4. The predicted octanol–water partition coefficient (Wildman–Crippen LogP) is 5.29. The highest BCUT2D eigenvalue weighted by Crippen LogP contribution is 2.30. The van der Waals surface area contributed by atoms with Crippen molar-refractivity contribution in [3.8, 4) is 5.75 Å². The van der Waals surface area contributed by atoms with E-state index in [0.29, 0.717) is 34.2 Å². The number of ether oxygens (including phenoxy) is 2. The van der Waals surface area contributed by atoms with E-state index in [1.807, 2.05) is 78.9 Å². The van der Waals surface area contributed by atoms with Crippen LogP contribution < -0.4 is 15.4 Å². The van der Waals surface area contributed by atoms with Crippen LogP contribution in [0.15, 0.2) is 90.1 Å². The van der Waals surface area contributed by atoms with E-state index in [0.717, 1.165) is 11.1 Å². The van der Waals surface area contributed by atoms with Gasteiger partial charge in [-0.3, -0.25) is 0 Å². The fourth-order valence-corrected chi connectivity index (χ4v) is 3.67. The molecule has 0 aliphatic carbocycles. The fraction of sp³-hybridized carbons (Fsp3) is 0.154. The Morgan fingerprint density at radius 3 is 2.42 bits per heavy atom. The maximum atomic E-state index is 13.0. The molecule has 0 radical (unpaired) electrons. The molecule has 1 aliphatic heterocycles. The highest BCUT2D eigenvalue weighted by Gasteiger charge is 2.32. The van der Waals surface area contributed by atoms with Crippen LogP contribution in [0.1, 0.15) is 29.7 Å². The number of allylic oxidation sites excluding steroid dienone is 1. The Morgan fingerprint density at radius 2 is 1.67 bits per heavy atom. The number of hydrogen-bond acceptors (Lipinski definition) is 4. The lowest BCUT2D eigenvalue weighted by Gasteiger charge is -2.28. The van der Waals surface area contributed by atoms with Crippen LogP contribution in [0.25, 0.3) is 0 Å². The van der Waals surface area contributed by atoms with Gasteiger partial charge in [-0.05, 0) is 47.9 Å². The maximum absolute atomic E-state index is 13.0. The zero-order valence-electron chi connectivity index (χ0n) is 18.0. The number of hydrogen-bond donors (Lipinski definition) is 2. The van der Waals surface area contributed by atoms with Gasteiger partial charge in [-0.2, -0.15) is 0 Å². The Hall–Kier alpha value is -3.77. The van der Waals surface area contributed by atoms with E-state index in [2.05, 4.69) is 10.6 Å². The van der Waals surface area contributed by atoms with Gasteiger partial charge in [0.15, 0.2) is 0 Å². The molecule has 1 aliphatic rings. The topological polar surface area (TPSA) is 76.7 Å². The molecule has 0 spiro atoms. The molecule has 168 valence electrons.